The molecule has 45 heavy (non-hydrogen) atoms. The molecule has 0 radical (unpaired) electrons. The van der Waals surface area contributed by atoms with Crippen LogP contribution < -0.4 is 5.01 Å². The van der Waals surface area contributed by atoms with E-state index in [0.717, 1.165) is 33.7 Å². The molecule has 0 aliphatic carbocycles. The van der Waals surface area contributed by atoms with Crippen molar-refractivity contribution in [2.75, 3.05) is 5.01 Å². The second-order valence-electron chi connectivity index (χ2n) is 11.0. The van der Waals surface area contributed by atoms with Crippen LogP contribution in [-0.2, 0) is 14.8 Å². The number of halogens is 1. The van der Waals surface area contributed by atoms with Crippen molar-refractivity contribution in [1.82, 2.24) is 0 Å². The molecular weight excluding hydrogens is 602 g/mol. The largest absolute Gasteiger partial charge is 0.439 e. The Bertz CT molecular complexity index is 2050. The number of para-hydroxylation sites is 1. The lowest BCUT2D eigenvalue weighted by atomic mass is 9.75. The summed E-state index contributed by atoms with van der Waals surface area (Å²) in [6.07, 6.45) is 1.95. The van der Waals surface area contributed by atoms with Gasteiger partial charge in [-0.15, -0.1) is 4.40 Å². The van der Waals surface area contributed by atoms with Gasteiger partial charge in [0.2, 0.25) is 5.90 Å². The van der Waals surface area contributed by atoms with E-state index in [1.54, 1.807) is 36.4 Å². The number of rotatable bonds is 6. The molecule has 0 saturated carbocycles. The smallest absolute Gasteiger partial charge is 0.285 e. The van der Waals surface area contributed by atoms with Gasteiger partial charge >= 0.3 is 0 Å². The van der Waals surface area contributed by atoms with Gasteiger partial charge in [0.25, 0.3) is 10.0 Å². The van der Waals surface area contributed by atoms with Crippen molar-refractivity contribution in [1.29, 1.82) is 0 Å². The predicted octanol–water partition coefficient (Wildman–Crippen LogP) is 8.25. The molecule has 2 unspecified atom stereocenters. The fourth-order valence-electron chi connectivity index (χ4n) is 5.87. The highest BCUT2D eigenvalue weighted by Crippen LogP contribution is 2.51. The van der Waals surface area contributed by atoms with Crippen molar-refractivity contribution in [2.24, 2.45) is 9.50 Å². The lowest BCUT2D eigenvalue weighted by Gasteiger charge is -2.36. The number of hydrogen-bond donors (Lipinski definition) is 0. The monoisotopic (exact) mass is 629 g/mol. The zero-order valence-corrected chi connectivity index (χ0v) is 25.9. The van der Waals surface area contributed by atoms with Gasteiger partial charge in [0.05, 0.1) is 22.2 Å². The van der Waals surface area contributed by atoms with E-state index in [-0.39, 0.29) is 10.8 Å². The minimum Gasteiger partial charge on any atom is -0.439 e. The zero-order chi connectivity index (χ0) is 31.0. The second-order valence-corrected chi connectivity index (χ2v) is 13.0. The maximum atomic E-state index is 14.0. The number of hydrazone groups is 1. The zero-order valence-electron chi connectivity index (χ0n) is 24.3. The SMILES string of the molecule is Cc1ccc(S(=O)(=O)/N=C2\OC(c3ccc(Cl)cc3)=CC23C(c2ccccc2)C(c2ccccc2)=NN3c2ccccc2)cc1. The fraction of sp³-hybridized carbons (Fsp3) is 0.0811. The normalized spacial score (nSPS) is 20.3. The van der Waals surface area contributed by atoms with Gasteiger partial charge in [-0.1, -0.05) is 108 Å². The van der Waals surface area contributed by atoms with E-state index >= 15 is 0 Å². The number of hydrogen-bond acceptors (Lipinski definition) is 5. The Morgan fingerprint density at radius 3 is 2.00 bits per heavy atom. The summed E-state index contributed by atoms with van der Waals surface area (Å²) in [7, 11) is -4.20. The Balaban J connectivity index is 1.54. The molecule has 8 heteroatoms. The highest BCUT2D eigenvalue weighted by molar-refractivity contribution is 7.90. The molecule has 0 fully saturated rings. The fourth-order valence-corrected chi connectivity index (χ4v) is 6.98. The van der Waals surface area contributed by atoms with Gasteiger partial charge in [0.15, 0.2) is 5.54 Å². The molecule has 1 spiro atoms. The third-order valence-corrected chi connectivity index (χ3v) is 9.55. The third kappa shape index (κ3) is 5.24. The molecule has 6 nitrogen and oxygen atoms in total. The summed E-state index contributed by atoms with van der Waals surface area (Å²) >= 11 is 6.24. The molecule has 5 aromatic carbocycles. The Kier molecular flexibility index (Phi) is 7.36. The summed E-state index contributed by atoms with van der Waals surface area (Å²) in [6, 6.07) is 43.4. The number of nitrogens with zero attached hydrogens (tertiary/aromatic N) is 3. The van der Waals surface area contributed by atoms with E-state index in [1.807, 2.05) is 121 Å². The van der Waals surface area contributed by atoms with Gasteiger partial charge < -0.3 is 4.74 Å². The van der Waals surface area contributed by atoms with Crippen LogP contribution in [0.5, 0.6) is 0 Å². The van der Waals surface area contributed by atoms with Crippen molar-refractivity contribution in [3.05, 3.63) is 173 Å². The molecule has 0 saturated heterocycles. The summed E-state index contributed by atoms with van der Waals surface area (Å²) in [4.78, 5) is 0.0732. The predicted molar refractivity (Wildman–Crippen MR) is 180 cm³/mol. The Hall–Kier alpha value is -4.98. The van der Waals surface area contributed by atoms with Crippen LogP contribution in [0.2, 0.25) is 5.02 Å². The molecule has 2 atom stereocenters. The van der Waals surface area contributed by atoms with Crippen molar-refractivity contribution in [2.45, 2.75) is 23.3 Å². The van der Waals surface area contributed by atoms with Crippen LogP contribution in [0.4, 0.5) is 5.69 Å². The van der Waals surface area contributed by atoms with E-state index < -0.39 is 21.5 Å². The average Bonchev–Trinajstić information content (AvgIpc) is 3.60. The molecule has 0 bridgehead atoms. The summed E-state index contributed by atoms with van der Waals surface area (Å²) in [5, 5.41) is 7.68. The molecule has 7 rings (SSSR count). The minimum atomic E-state index is -4.20. The van der Waals surface area contributed by atoms with E-state index in [4.69, 9.17) is 21.4 Å². The maximum Gasteiger partial charge on any atom is 0.285 e. The topological polar surface area (TPSA) is 71.3 Å². The number of aryl methyl sites for hydroxylation is 1. The first-order chi connectivity index (χ1) is 21.8. The Labute approximate surface area is 267 Å². The summed E-state index contributed by atoms with van der Waals surface area (Å²) in [5.41, 5.74) is 3.71. The first kappa shape index (κ1) is 28.8. The van der Waals surface area contributed by atoms with Gasteiger partial charge in [0.1, 0.15) is 5.76 Å². The van der Waals surface area contributed by atoms with Crippen LogP contribution in [0.15, 0.2) is 160 Å². The molecule has 222 valence electrons. The molecule has 0 amide bonds. The summed E-state index contributed by atoms with van der Waals surface area (Å²) < 4.78 is 39.1. The van der Waals surface area contributed by atoms with Crippen LogP contribution in [0.1, 0.15) is 28.2 Å². The summed E-state index contributed by atoms with van der Waals surface area (Å²) in [6.45, 7) is 1.91. The Morgan fingerprint density at radius 2 is 1.36 bits per heavy atom. The van der Waals surface area contributed by atoms with Crippen molar-refractivity contribution in [3.63, 3.8) is 0 Å². The standard InChI is InChI=1S/C37H28ClN3O3S/c1-26-17-23-32(24-18-26)45(42,43)40-36-37(25-33(44-36)27-19-21-30(38)22-20-27)34(28-11-5-2-6-12-28)35(29-13-7-3-8-14-29)39-41(37)31-15-9-4-10-16-31/h2-25,34H,1H3/b40-36-. The highest BCUT2D eigenvalue weighted by atomic mass is 35.5. The van der Waals surface area contributed by atoms with Gasteiger partial charge in [-0.25, -0.2) is 5.01 Å². The Morgan fingerprint density at radius 1 is 0.756 bits per heavy atom. The van der Waals surface area contributed by atoms with E-state index in [0.29, 0.717) is 10.8 Å². The van der Waals surface area contributed by atoms with Gasteiger partial charge in [-0.3, -0.25) is 0 Å². The minimum absolute atomic E-state index is 0.000382. The van der Waals surface area contributed by atoms with Crippen LogP contribution in [0, 0.1) is 6.92 Å². The van der Waals surface area contributed by atoms with Crippen LogP contribution in [0.3, 0.4) is 0 Å². The van der Waals surface area contributed by atoms with Gasteiger partial charge in [-0.2, -0.15) is 13.5 Å². The van der Waals surface area contributed by atoms with Crippen LogP contribution in [0.25, 0.3) is 5.76 Å². The molecular formula is C37H28ClN3O3S. The molecule has 2 aliphatic rings. The van der Waals surface area contributed by atoms with Crippen molar-refractivity contribution < 1.29 is 13.2 Å². The number of sulfonamides is 1. The molecule has 2 heterocycles. The van der Waals surface area contributed by atoms with Gasteiger partial charge in [-0.05, 0) is 72.7 Å². The molecule has 2 aliphatic heterocycles. The van der Waals surface area contributed by atoms with E-state index in [2.05, 4.69) is 4.40 Å². The number of benzene rings is 5. The van der Waals surface area contributed by atoms with E-state index in [9.17, 15) is 8.42 Å². The summed E-state index contributed by atoms with van der Waals surface area (Å²) in [5.74, 6) is -0.0469. The molecule has 5 aromatic rings. The number of ether oxygens (including phenoxy) is 1. The molecule has 0 aromatic heterocycles. The quantitative estimate of drug-likeness (QED) is 0.190. The maximum absolute atomic E-state index is 14.0. The number of anilines is 1. The molecule has 0 N–H and O–H groups in total. The van der Waals surface area contributed by atoms with Gasteiger partial charge in [0, 0.05) is 10.6 Å². The second kappa shape index (κ2) is 11.5. The third-order valence-electron chi connectivity index (χ3n) is 8.03. The van der Waals surface area contributed by atoms with E-state index in [1.165, 1.54) is 0 Å². The first-order valence-electron chi connectivity index (χ1n) is 14.5. The van der Waals surface area contributed by atoms with Crippen molar-refractivity contribution in [3.8, 4) is 0 Å². The lowest BCUT2D eigenvalue weighted by Crippen LogP contribution is -2.51. The first-order valence-corrected chi connectivity index (χ1v) is 16.3. The van der Waals surface area contributed by atoms with Crippen LogP contribution in [-0.4, -0.2) is 25.6 Å². The lowest BCUT2D eigenvalue weighted by molar-refractivity contribution is 0.474. The highest BCUT2D eigenvalue weighted by Gasteiger charge is 2.60. The van der Waals surface area contributed by atoms with Crippen LogP contribution >= 0.6 is 11.6 Å². The van der Waals surface area contributed by atoms with Crippen molar-refractivity contribution >= 4 is 44.7 Å². The average molecular weight is 630 g/mol.